The molecule has 1 saturated heterocycles. The van der Waals surface area contributed by atoms with E-state index in [1.54, 1.807) is 4.90 Å². The van der Waals surface area contributed by atoms with Crippen LogP contribution in [0.4, 0.5) is 19.0 Å². The van der Waals surface area contributed by atoms with Crippen molar-refractivity contribution in [3.63, 3.8) is 0 Å². The van der Waals surface area contributed by atoms with Gasteiger partial charge < -0.3 is 9.80 Å². The maximum absolute atomic E-state index is 12.9. The summed E-state index contributed by atoms with van der Waals surface area (Å²) in [6.45, 7) is 4.78. The summed E-state index contributed by atoms with van der Waals surface area (Å²) in [6.07, 6.45) is -4.67. The van der Waals surface area contributed by atoms with Gasteiger partial charge in [0.2, 0.25) is 5.91 Å². The Morgan fingerprint density at radius 3 is 2.32 bits per heavy atom. The van der Waals surface area contributed by atoms with Crippen molar-refractivity contribution in [2.75, 3.05) is 31.1 Å². The molecule has 3 heterocycles. The Kier molecular flexibility index (Phi) is 5.72. The molecule has 0 bridgehead atoms. The van der Waals surface area contributed by atoms with E-state index in [-0.39, 0.29) is 18.1 Å². The molecule has 1 fully saturated rings. The Balaban J connectivity index is 1.64. The van der Waals surface area contributed by atoms with E-state index < -0.39 is 16.9 Å². The molecule has 0 unspecified atom stereocenters. The number of piperazine rings is 1. The Morgan fingerprint density at radius 1 is 1.14 bits per heavy atom. The molecule has 2 aromatic heterocycles. The number of hydrogen-bond donors (Lipinski definition) is 0. The van der Waals surface area contributed by atoms with E-state index in [1.807, 2.05) is 17.9 Å². The van der Waals surface area contributed by atoms with Gasteiger partial charge >= 0.3 is 6.18 Å². The molecule has 0 saturated carbocycles. The van der Waals surface area contributed by atoms with Gasteiger partial charge in [-0.2, -0.15) is 18.3 Å². The molecule has 3 rings (SSSR count). The van der Waals surface area contributed by atoms with E-state index in [0.29, 0.717) is 37.1 Å². The van der Waals surface area contributed by atoms with Crippen LogP contribution in [-0.2, 0) is 17.5 Å². The van der Waals surface area contributed by atoms with Crippen molar-refractivity contribution < 1.29 is 18.0 Å². The molecule has 0 atom stereocenters. The van der Waals surface area contributed by atoms with Crippen molar-refractivity contribution >= 4 is 34.9 Å². The van der Waals surface area contributed by atoms with Gasteiger partial charge in [0.1, 0.15) is 6.54 Å². The Hall–Kier alpha value is -2.07. The average molecular weight is 437 g/mol. The maximum Gasteiger partial charge on any atom is 0.436 e. The van der Waals surface area contributed by atoms with Crippen LogP contribution in [0.5, 0.6) is 0 Å². The summed E-state index contributed by atoms with van der Waals surface area (Å²) in [5, 5.41) is 11.3. The Morgan fingerprint density at radius 2 is 1.79 bits per heavy atom. The average Bonchev–Trinajstić information content (AvgIpc) is 2.92. The number of aryl methyl sites for hydroxylation is 1. The molecule has 7 nitrogen and oxygen atoms in total. The molecule has 152 valence electrons. The molecule has 1 aliphatic heterocycles. The standard InChI is InChI=1S/C16H17Cl2F3N6O/c1-9-7-11(22-23-15(9)18)25-3-5-26(6-4-25)12(28)8-27-10(2)13(17)14(24-27)16(19,20)21/h7H,3-6,8H2,1-2H3. The summed E-state index contributed by atoms with van der Waals surface area (Å²) >= 11 is 11.6. The van der Waals surface area contributed by atoms with Crippen LogP contribution in [0.1, 0.15) is 17.0 Å². The van der Waals surface area contributed by atoms with Gasteiger partial charge in [0.15, 0.2) is 16.7 Å². The highest BCUT2D eigenvalue weighted by atomic mass is 35.5. The van der Waals surface area contributed by atoms with Gasteiger partial charge in [-0.25, -0.2) is 0 Å². The molecule has 0 aromatic carbocycles. The molecule has 0 radical (unpaired) electrons. The number of carbonyl (C=O) groups is 1. The lowest BCUT2D eigenvalue weighted by molar-refractivity contribution is -0.142. The van der Waals surface area contributed by atoms with Crippen molar-refractivity contribution in [2.24, 2.45) is 0 Å². The first-order valence-electron chi connectivity index (χ1n) is 8.40. The zero-order valence-electron chi connectivity index (χ0n) is 15.1. The largest absolute Gasteiger partial charge is 0.436 e. The zero-order valence-corrected chi connectivity index (χ0v) is 16.6. The lowest BCUT2D eigenvalue weighted by Crippen LogP contribution is -2.50. The molecule has 1 aliphatic rings. The fourth-order valence-corrected chi connectivity index (χ4v) is 3.22. The molecule has 1 amide bonds. The predicted octanol–water partition coefficient (Wildman–Crippen LogP) is 2.96. The summed E-state index contributed by atoms with van der Waals surface area (Å²) in [5.74, 6) is 0.340. The van der Waals surface area contributed by atoms with Crippen molar-refractivity contribution in [3.05, 3.63) is 33.2 Å². The molecule has 28 heavy (non-hydrogen) atoms. The number of anilines is 1. The van der Waals surface area contributed by atoms with Crippen molar-refractivity contribution in [3.8, 4) is 0 Å². The third kappa shape index (κ3) is 4.17. The summed E-state index contributed by atoms with van der Waals surface area (Å²) in [5.41, 5.74) is -0.273. The van der Waals surface area contributed by atoms with Gasteiger partial charge in [-0.3, -0.25) is 9.48 Å². The van der Waals surface area contributed by atoms with Gasteiger partial charge in [0.25, 0.3) is 0 Å². The van der Waals surface area contributed by atoms with Crippen LogP contribution in [0.25, 0.3) is 0 Å². The van der Waals surface area contributed by atoms with Gasteiger partial charge in [-0.05, 0) is 25.5 Å². The van der Waals surface area contributed by atoms with Gasteiger partial charge in [-0.1, -0.05) is 23.2 Å². The van der Waals surface area contributed by atoms with E-state index in [9.17, 15) is 18.0 Å². The number of aromatic nitrogens is 4. The minimum Gasteiger partial charge on any atom is -0.352 e. The second-order valence-electron chi connectivity index (χ2n) is 6.45. The number of hydrogen-bond acceptors (Lipinski definition) is 5. The van der Waals surface area contributed by atoms with Crippen molar-refractivity contribution in [2.45, 2.75) is 26.6 Å². The van der Waals surface area contributed by atoms with E-state index >= 15 is 0 Å². The Labute approximate surface area is 169 Å². The second-order valence-corrected chi connectivity index (χ2v) is 7.18. The predicted molar refractivity (Wildman–Crippen MR) is 97.5 cm³/mol. The van der Waals surface area contributed by atoms with Crippen LogP contribution >= 0.6 is 23.2 Å². The van der Waals surface area contributed by atoms with Crippen LogP contribution in [0.3, 0.4) is 0 Å². The number of amides is 1. The monoisotopic (exact) mass is 436 g/mol. The molecule has 0 N–H and O–H groups in total. The van der Waals surface area contributed by atoms with Gasteiger partial charge in [-0.15, -0.1) is 10.2 Å². The summed E-state index contributed by atoms with van der Waals surface area (Å²) in [7, 11) is 0. The van der Waals surface area contributed by atoms with Crippen LogP contribution in [0.15, 0.2) is 6.07 Å². The van der Waals surface area contributed by atoms with Crippen LogP contribution < -0.4 is 4.90 Å². The van der Waals surface area contributed by atoms with Crippen LogP contribution in [0.2, 0.25) is 10.2 Å². The topological polar surface area (TPSA) is 67.2 Å². The summed E-state index contributed by atoms with van der Waals surface area (Å²) < 4.78 is 39.7. The Bertz CT molecular complexity index is 893. The minimum atomic E-state index is -4.67. The number of halogens is 5. The number of rotatable bonds is 3. The first-order valence-corrected chi connectivity index (χ1v) is 9.16. The minimum absolute atomic E-state index is 0.105. The van der Waals surface area contributed by atoms with E-state index in [1.165, 1.54) is 6.92 Å². The summed E-state index contributed by atoms with van der Waals surface area (Å²) in [4.78, 5) is 16.1. The second kappa shape index (κ2) is 7.75. The van der Waals surface area contributed by atoms with Gasteiger partial charge in [0.05, 0.1) is 10.7 Å². The molecule has 0 aliphatic carbocycles. The molecular formula is C16H17Cl2F3N6O. The quantitative estimate of drug-likeness (QED) is 0.739. The van der Waals surface area contributed by atoms with Crippen molar-refractivity contribution in [1.29, 1.82) is 0 Å². The van der Waals surface area contributed by atoms with Crippen LogP contribution in [0, 0.1) is 13.8 Å². The highest BCUT2D eigenvalue weighted by Gasteiger charge is 2.38. The highest BCUT2D eigenvalue weighted by molar-refractivity contribution is 6.32. The number of carbonyl (C=O) groups excluding carboxylic acids is 1. The number of alkyl halides is 3. The number of nitrogens with zero attached hydrogens (tertiary/aromatic N) is 6. The molecular weight excluding hydrogens is 420 g/mol. The van der Waals surface area contributed by atoms with Gasteiger partial charge in [0, 0.05) is 26.2 Å². The first-order chi connectivity index (χ1) is 13.1. The highest BCUT2D eigenvalue weighted by Crippen LogP contribution is 2.35. The van der Waals surface area contributed by atoms with Crippen LogP contribution in [-0.4, -0.2) is 57.0 Å². The summed E-state index contributed by atoms with van der Waals surface area (Å²) in [6, 6.07) is 1.82. The normalized spacial score (nSPS) is 15.2. The smallest absolute Gasteiger partial charge is 0.352 e. The lowest BCUT2D eigenvalue weighted by atomic mass is 10.2. The molecule has 2 aromatic rings. The maximum atomic E-state index is 12.9. The molecule has 12 heteroatoms. The van der Waals surface area contributed by atoms with E-state index in [0.717, 1.165) is 10.2 Å². The third-order valence-electron chi connectivity index (χ3n) is 4.55. The molecule has 0 spiro atoms. The first kappa shape index (κ1) is 20.7. The zero-order chi connectivity index (χ0) is 20.6. The van der Waals surface area contributed by atoms with E-state index in [4.69, 9.17) is 23.2 Å². The van der Waals surface area contributed by atoms with Crippen molar-refractivity contribution in [1.82, 2.24) is 24.9 Å². The fourth-order valence-electron chi connectivity index (χ4n) is 2.88. The SMILES string of the molecule is Cc1cc(N2CCN(C(=O)Cn3nc(C(F)(F)F)c(Cl)c3C)CC2)nnc1Cl. The van der Waals surface area contributed by atoms with E-state index in [2.05, 4.69) is 15.3 Å². The third-order valence-corrected chi connectivity index (χ3v) is 5.38. The fraction of sp³-hybridized carbons (Fsp3) is 0.500. The lowest BCUT2D eigenvalue weighted by Gasteiger charge is -2.35.